The third-order valence-electron chi connectivity index (χ3n) is 4.56. The third kappa shape index (κ3) is 4.12. The zero-order valence-corrected chi connectivity index (χ0v) is 16.3. The van der Waals surface area contributed by atoms with Gasteiger partial charge in [0.05, 0.1) is 17.5 Å². The summed E-state index contributed by atoms with van der Waals surface area (Å²) in [6.45, 7) is 1.42. The highest BCUT2D eigenvalue weighted by Gasteiger charge is 2.20. The van der Waals surface area contributed by atoms with Crippen molar-refractivity contribution in [3.63, 3.8) is 0 Å². The van der Waals surface area contributed by atoms with Crippen molar-refractivity contribution in [3.05, 3.63) is 58.9 Å². The van der Waals surface area contributed by atoms with Crippen molar-refractivity contribution in [1.29, 1.82) is 0 Å². The molecule has 1 aliphatic rings. The second-order valence-electron chi connectivity index (χ2n) is 6.74. The normalized spacial score (nSPS) is 13.9. The standard InChI is InChI=1S/C20H20N4O3S/c1-23-11-16(9-21-23)19-22-17(13-28-19)12-27-20(26)15-5-2-4-14(8-15)10-24-7-3-6-18(24)25/h2,4-5,8-9,11,13H,3,6-7,10,12H2,1H3. The van der Waals surface area contributed by atoms with Crippen molar-refractivity contribution in [2.24, 2.45) is 7.05 Å². The lowest BCUT2D eigenvalue weighted by atomic mass is 10.1. The second-order valence-corrected chi connectivity index (χ2v) is 7.60. The van der Waals surface area contributed by atoms with Gasteiger partial charge in [-0.2, -0.15) is 5.10 Å². The maximum atomic E-state index is 12.4. The highest BCUT2D eigenvalue weighted by Crippen LogP contribution is 2.23. The number of amides is 1. The number of carbonyl (C=O) groups excluding carboxylic acids is 2. The smallest absolute Gasteiger partial charge is 0.338 e. The number of thiazole rings is 1. The second kappa shape index (κ2) is 7.93. The minimum atomic E-state index is -0.398. The quantitative estimate of drug-likeness (QED) is 0.599. The number of hydrogen-bond acceptors (Lipinski definition) is 6. The van der Waals surface area contributed by atoms with E-state index in [2.05, 4.69) is 10.1 Å². The fourth-order valence-corrected chi connectivity index (χ4v) is 3.93. The maximum Gasteiger partial charge on any atom is 0.338 e. The average molecular weight is 396 g/mol. The molecule has 1 amide bonds. The molecule has 1 aliphatic heterocycles. The lowest BCUT2D eigenvalue weighted by molar-refractivity contribution is -0.128. The first kappa shape index (κ1) is 18.4. The van der Waals surface area contributed by atoms with Gasteiger partial charge in [-0.15, -0.1) is 11.3 Å². The van der Waals surface area contributed by atoms with E-state index in [1.54, 1.807) is 23.0 Å². The fourth-order valence-electron chi connectivity index (χ4n) is 3.15. The Hall–Kier alpha value is -3.00. The number of aryl methyl sites for hydroxylation is 1. The Labute approximate surface area is 166 Å². The minimum absolute atomic E-state index is 0.116. The Morgan fingerprint density at radius 2 is 2.25 bits per heavy atom. The maximum absolute atomic E-state index is 12.4. The van der Waals surface area contributed by atoms with Crippen LogP contribution in [0.1, 0.15) is 34.5 Å². The molecule has 8 heteroatoms. The van der Waals surface area contributed by atoms with E-state index in [9.17, 15) is 9.59 Å². The van der Waals surface area contributed by atoms with Crippen molar-refractivity contribution in [2.75, 3.05) is 6.54 Å². The topological polar surface area (TPSA) is 77.3 Å². The van der Waals surface area contributed by atoms with Gasteiger partial charge in [0, 0.05) is 43.7 Å². The largest absolute Gasteiger partial charge is 0.456 e. The van der Waals surface area contributed by atoms with Gasteiger partial charge in [-0.1, -0.05) is 12.1 Å². The zero-order chi connectivity index (χ0) is 19.5. The van der Waals surface area contributed by atoms with Crippen LogP contribution in [0, 0.1) is 0 Å². The lowest BCUT2D eigenvalue weighted by Crippen LogP contribution is -2.23. The van der Waals surface area contributed by atoms with Gasteiger partial charge in [-0.3, -0.25) is 9.48 Å². The van der Waals surface area contributed by atoms with E-state index in [4.69, 9.17) is 4.74 Å². The molecule has 0 N–H and O–H groups in total. The fraction of sp³-hybridized carbons (Fsp3) is 0.300. The van der Waals surface area contributed by atoms with Gasteiger partial charge in [0.15, 0.2) is 0 Å². The van der Waals surface area contributed by atoms with Gasteiger partial charge in [-0.25, -0.2) is 9.78 Å². The van der Waals surface area contributed by atoms with Crippen molar-refractivity contribution in [1.82, 2.24) is 19.7 Å². The van der Waals surface area contributed by atoms with E-state index in [0.29, 0.717) is 24.2 Å². The average Bonchev–Trinajstić information content (AvgIpc) is 3.42. The molecule has 0 aliphatic carbocycles. The molecule has 3 heterocycles. The summed E-state index contributed by atoms with van der Waals surface area (Å²) in [4.78, 5) is 30.5. The van der Waals surface area contributed by atoms with Crippen molar-refractivity contribution in [2.45, 2.75) is 26.0 Å². The SMILES string of the molecule is Cn1cc(-c2nc(COC(=O)c3cccc(CN4CCCC4=O)c3)cs2)cn1. The Balaban J connectivity index is 1.37. The van der Waals surface area contributed by atoms with E-state index in [-0.39, 0.29) is 12.5 Å². The first-order valence-corrected chi connectivity index (χ1v) is 9.94. The third-order valence-corrected chi connectivity index (χ3v) is 5.50. The van der Waals surface area contributed by atoms with Gasteiger partial charge in [0.25, 0.3) is 0 Å². The van der Waals surface area contributed by atoms with Crippen LogP contribution in [0.3, 0.4) is 0 Å². The number of benzene rings is 1. The van der Waals surface area contributed by atoms with Crippen LogP contribution in [0.25, 0.3) is 10.6 Å². The molecule has 1 aromatic carbocycles. The number of likely N-dealkylation sites (tertiary alicyclic amines) is 1. The molecular formula is C20H20N4O3S. The van der Waals surface area contributed by atoms with Gasteiger partial charge >= 0.3 is 5.97 Å². The first-order chi connectivity index (χ1) is 13.6. The summed E-state index contributed by atoms with van der Waals surface area (Å²) < 4.78 is 7.14. The molecule has 3 aromatic rings. The number of ether oxygens (including phenoxy) is 1. The molecule has 1 saturated heterocycles. The van der Waals surface area contributed by atoms with E-state index in [1.807, 2.05) is 35.7 Å². The van der Waals surface area contributed by atoms with E-state index in [0.717, 1.165) is 29.1 Å². The number of aromatic nitrogens is 3. The molecule has 0 unspecified atom stereocenters. The number of nitrogens with zero attached hydrogens (tertiary/aromatic N) is 4. The monoisotopic (exact) mass is 396 g/mol. The Morgan fingerprint density at radius 1 is 1.36 bits per heavy atom. The van der Waals surface area contributed by atoms with Crippen LogP contribution < -0.4 is 0 Å². The molecule has 2 aromatic heterocycles. The van der Waals surface area contributed by atoms with Crippen LogP contribution in [0.2, 0.25) is 0 Å². The number of carbonyl (C=O) groups is 2. The van der Waals surface area contributed by atoms with E-state index in [1.165, 1.54) is 11.3 Å². The van der Waals surface area contributed by atoms with Gasteiger partial charge < -0.3 is 9.64 Å². The van der Waals surface area contributed by atoms with Crippen molar-refractivity contribution < 1.29 is 14.3 Å². The zero-order valence-electron chi connectivity index (χ0n) is 15.5. The predicted octanol–water partition coefficient (Wildman–Crippen LogP) is 3.02. The summed E-state index contributed by atoms with van der Waals surface area (Å²) in [5, 5.41) is 6.86. The molecule has 7 nitrogen and oxygen atoms in total. The van der Waals surface area contributed by atoms with Crippen molar-refractivity contribution in [3.8, 4) is 10.6 Å². The van der Waals surface area contributed by atoms with Crippen LogP contribution >= 0.6 is 11.3 Å². The van der Waals surface area contributed by atoms with Crippen LogP contribution in [0.15, 0.2) is 42.0 Å². The Kier molecular flexibility index (Phi) is 5.21. The summed E-state index contributed by atoms with van der Waals surface area (Å²) in [5.41, 5.74) is 3.05. The van der Waals surface area contributed by atoms with Gasteiger partial charge in [0.2, 0.25) is 5.91 Å². The number of esters is 1. The van der Waals surface area contributed by atoms with E-state index < -0.39 is 5.97 Å². The lowest BCUT2D eigenvalue weighted by Gasteiger charge is -2.15. The summed E-state index contributed by atoms with van der Waals surface area (Å²) in [6, 6.07) is 7.24. The number of hydrogen-bond donors (Lipinski definition) is 0. The van der Waals surface area contributed by atoms with E-state index >= 15 is 0 Å². The molecule has 0 atom stereocenters. The van der Waals surface area contributed by atoms with Gasteiger partial charge in [-0.05, 0) is 24.1 Å². The molecule has 0 radical (unpaired) electrons. The summed E-state index contributed by atoms with van der Waals surface area (Å²) in [7, 11) is 1.85. The van der Waals surface area contributed by atoms with Gasteiger partial charge in [0.1, 0.15) is 11.6 Å². The summed E-state index contributed by atoms with van der Waals surface area (Å²) >= 11 is 1.49. The molecule has 0 bridgehead atoms. The molecule has 0 spiro atoms. The molecule has 1 fully saturated rings. The van der Waals surface area contributed by atoms with Crippen LogP contribution in [0.5, 0.6) is 0 Å². The van der Waals surface area contributed by atoms with Crippen LogP contribution in [-0.2, 0) is 29.7 Å². The summed E-state index contributed by atoms with van der Waals surface area (Å²) in [6.07, 6.45) is 5.15. The highest BCUT2D eigenvalue weighted by molar-refractivity contribution is 7.13. The van der Waals surface area contributed by atoms with Crippen LogP contribution in [0.4, 0.5) is 0 Å². The van der Waals surface area contributed by atoms with Crippen molar-refractivity contribution >= 4 is 23.2 Å². The molecular weight excluding hydrogens is 376 g/mol. The number of rotatable bonds is 6. The summed E-state index contributed by atoms with van der Waals surface area (Å²) in [5.74, 6) is -0.230. The molecule has 144 valence electrons. The highest BCUT2D eigenvalue weighted by atomic mass is 32.1. The Morgan fingerprint density at radius 3 is 3.00 bits per heavy atom. The predicted molar refractivity (Wildman–Crippen MR) is 105 cm³/mol. The first-order valence-electron chi connectivity index (χ1n) is 9.06. The molecule has 4 rings (SSSR count). The Bertz CT molecular complexity index is 1010. The molecule has 28 heavy (non-hydrogen) atoms. The minimum Gasteiger partial charge on any atom is -0.456 e. The van der Waals surface area contributed by atoms with Crippen LogP contribution in [-0.4, -0.2) is 38.1 Å². The molecule has 0 saturated carbocycles.